The Morgan fingerprint density at radius 1 is 1.00 bits per heavy atom. The van der Waals surface area contributed by atoms with Crippen LogP contribution < -0.4 is 15.7 Å². The summed E-state index contributed by atoms with van der Waals surface area (Å²) in [5.41, 5.74) is 5.14. The Kier molecular flexibility index (Phi) is 6.08. The van der Waals surface area contributed by atoms with Crippen molar-refractivity contribution in [3.63, 3.8) is 0 Å². The molecule has 0 spiro atoms. The highest BCUT2D eigenvalue weighted by Gasteiger charge is 2.38. The lowest BCUT2D eigenvalue weighted by Crippen LogP contribution is -2.45. The minimum absolute atomic E-state index is 0.104. The lowest BCUT2D eigenvalue weighted by Gasteiger charge is -2.33. The van der Waals surface area contributed by atoms with E-state index >= 15 is 0 Å². The summed E-state index contributed by atoms with van der Waals surface area (Å²) in [4.78, 5) is 26.9. The number of benzene rings is 3. The van der Waals surface area contributed by atoms with Crippen molar-refractivity contribution >= 4 is 29.1 Å². The maximum atomic E-state index is 13.6. The van der Waals surface area contributed by atoms with E-state index in [9.17, 15) is 9.59 Å². The van der Waals surface area contributed by atoms with E-state index in [2.05, 4.69) is 15.6 Å². The predicted octanol–water partition coefficient (Wildman–Crippen LogP) is 4.61. The van der Waals surface area contributed by atoms with Gasteiger partial charge in [0.25, 0.3) is 5.56 Å². The second-order valence-corrected chi connectivity index (χ2v) is 9.17. The molecule has 2 heterocycles. The molecule has 0 bridgehead atoms. The van der Waals surface area contributed by atoms with Crippen LogP contribution in [0.5, 0.6) is 5.75 Å². The maximum absolute atomic E-state index is 13.6. The van der Waals surface area contributed by atoms with Crippen molar-refractivity contribution in [1.29, 1.82) is 0 Å². The first-order valence-electron chi connectivity index (χ1n) is 10.5. The van der Waals surface area contributed by atoms with E-state index in [0.29, 0.717) is 27.1 Å². The number of halogens is 1. The van der Waals surface area contributed by atoms with Crippen LogP contribution in [-0.4, -0.2) is 33.0 Å². The number of rotatable bonds is 5. The number of Topliss-reactive ketones (excluding diaryl/α,β-unsaturated/α-hetero) is 1. The summed E-state index contributed by atoms with van der Waals surface area (Å²) in [6, 6.07) is 22.8. The number of nitrogens with one attached hydrogen (secondary N) is 1. The minimum atomic E-state index is -0.592. The Morgan fingerprint density at radius 3 is 2.38 bits per heavy atom. The molecule has 0 saturated heterocycles. The smallest absolute Gasteiger partial charge is 0.299 e. The highest BCUT2D eigenvalue weighted by Crippen LogP contribution is 2.38. The number of ether oxygens (including phenoxy) is 1. The molecule has 7 nitrogen and oxygen atoms in total. The third-order valence-electron chi connectivity index (χ3n) is 5.55. The normalized spacial score (nSPS) is 16.9. The number of hydrogen-bond donors (Lipinski definition) is 1. The molecule has 5 rings (SSSR count). The van der Waals surface area contributed by atoms with Crippen LogP contribution in [0.2, 0.25) is 5.02 Å². The fourth-order valence-electron chi connectivity index (χ4n) is 3.77. The molecule has 0 radical (unpaired) electrons. The van der Waals surface area contributed by atoms with E-state index in [0.717, 1.165) is 5.56 Å². The Balaban J connectivity index is 1.58. The molecular weight excluding hydrogens is 472 g/mol. The van der Waals surface area contributed by atoms with Crippen LogP contribution in [0.3, 0.4) is 0 Å². The first-order valence-corrected chi connectivity index (χ1v) is 11.7. The third kappa shape index (κ3) is 4.18. The summed E-state index contributed by atoms with van der Waals surface area (Å²) >= 11 is 7.30. The summed E-state index contributed by atoms with van der Waals surface area (Å²) in [5.74, 6) is 0.559. The fourth-order valence-corrected chi connectivity index (χ4v) is 5.05. The molecule has 3 aromatic carbocycles. The molecule has 170 valence electrons. The van der Waals surface area contributed by atoms with Crippen molar-refractivity contribution in [1.82, 2.24) is 14.9 Å². The second-order valence-electron chi connectivity index (χ2n) is 7.63. The summed E-state index contributed by atoms with van der Waals surface area (Å²) in [6.07, 6.45) is 0. The summed E-state index contributed by atoms with van der Waals surface area (Å²) in [5, 5.41) is 8.76. The molecule has 1 aliphatic rings. The summed E-state index contributed by atoms with van der Waals surface area (Å²) in [7, 11) is 1.57. The highest BCUT2D eigenvalue weighted by atomic mass is 35.5. The Morgan fingerprint density at radius 2 is 1.71 bits per heavy atom. The first-order chi connectivity index (χ1) is 16.5. The molecule has 1 aromatic heterocycles. The zero-order valence-electron chi connectivity index (χ0n) is 18.0. The maximum Gasteiger partial charge on any atom is 0.299 e. The van der Waals surface area contributed by atoms with Crippen molar-refractivity contribution in [2.45, 2.75) is 16.4 Å². The molecule has 34 heavy (non-hydrogen) atoms. The lowest BCUT2D eigenvalue weighted by molar-refractivity contribution is 0.0980. The van der Waals surface area contributed by atoms with Crippen LogP contribution in [0.1, 0.15) is 22.0 Å². The van der Waals surface area contributed by atoms with Crippen LogP contribution in [0.25, 0.3) is 11.3 Å². The van der Waals surface area contributed by atoms with Crippen LogP contribution in [0.15, 0.2) is 88.8 Å². The van der Waals surface area contributed by atoms with Crippen molar-refractivity contribution in [2.24, 2.45) is 0 Å². The van der Waals surface area contributed by atoms with Gasteiger partial charge in [0.1, 0.15) is 11.0 Å². The van der Waals surface area contributed by atoms with Crippen molar-refractivity contribution in [3.8, 4) is 17.0 Å². The molecule has 9 heteroatoms. The van der Waals surface area contributed by atoms with Gasteiger partial charge in [-0.15, -0.1) is 10.2 Å². The quantitative estimate of drug-likeness (QED) is 0.409. The van der Waals surface area contributed by atoms with Gasteiger partial charge in [-0.25, -0.2) is 0 Å². The average Bonchev–Trinajstić information content (AvgIpc) is 2.89. The zero-order valence-corrected chi connectivity index (χ0v) is 19.6. The fraction of sp³-hybridized carbons (Fsp3) is 0.120. The van der Waals surface area contributed by atoms with Gasteiger partial charge in [-0.2, -0.15) is 4.68 Å². The van der Waals surface area contributed by atoms with E-state index in [1.165, 1.54) is 16.4 Å². The largest absolute Gasteiger partial charge is 0.497 e. The van der Waals surface area contributed by atoms with E-state index in [-0.39, 0.29) is 17.0 Å². The van der Waals surface area contributed by atoms with E-state index in [1.807, 2.05) is 30.3 Å². The van der Waals surface area contributed by atoms with Gasteiger partial charge in [-0.1, -0.05) is 65.8 Å². The monoisotopic (exact) mass is 490 g/mol. The average molecular weight is 491 g/mol. The number of ketones is 1. The second kappa shape index (κ2) is 9.32. The van der Waals surface area contributed by atoms with Gasteiger partial charge in [-0.05, 0) is 42.0 Å². The van der Waals surface area contributed by atoms with Crippen LogP contribution in [0.4, 0.5) is 0 Å². The molecule has 0 amide bonds. The standard InChI is InChI=1S/C25H19ClN4O3S/c1-33-19-13-9-17(10-14-19)22(31)23-20(16-7-11-18(26)12-8-16)29-30-24(32)21(27-28-25(30)34-23)15-5-3-2-4-6-15/h2-14,20,23,29H,1H3/t20-,23+/m1/s1. The van der Waals surface area contributed by atoms with Crippen molar-refractivity contribution < 1.29 is 9.53 Å². The van der Waals surface area contributed by atoms with Gasteiger partial charge >= 0.3 is 0 Å². The highest BCUT2D eigenvalue weighted by molar-refractivity contribution is 8.00. The molecule has 2 atom stereocenters. The Bertz CT molecular complexity index is 1390. The number of methoxy groups -OCH3 is 1. The number of aromatic nitrogens is 3. The topological polar surface area (TPSA) is 86.1 Å². The van der Waals surface area contributed by atoms with E-state index < -0.39 is 11.3 Å². The number of thioether (sulfide) groups is 1. The van der Waals surface area contributed by atoms with Crippen LogP contribution in [-0.2, 0) is 0 Å². The van der Waals surface area contributed by atoms with Crippen LogP contribution in [0, 0.1) is 0 Å². The first kappa shape index (κ1) is 22.2. The van der Waals surface area contributed by atoms with Gasteiger partial charge in [0, 0.05) is 16.1 Å². The lowest BCUT2D eigenvalue weighted by atomic mass is 9.97. The van der Waals surface area contributed by atoms with Gasteiger partial charge in [-0.3, -0.25) is 9.59 Å². The number of carbonyl (C=O) groups excluding carboxylic acids is 1. The number of hydrogen-bond acceptors (Lipinski definition) is 7. The van der Waals surface area contributed by atoms with Crippen molar-refractivity contribution in [3.05, 3.63) is 105 Å². The SMILES string of the molecule is COc1ccc(C(=O)[C@H]2Sc3nnc(-c4ccccc4)c(=O)n3N[C@@H]2c2ccc(Cl)cc2)cc1. The van der Waals surface area contributed by atoms with Gasteiger partial charge in [0.05, 0.1) is 13.2 Å². The van der Waals surface area contributed by atoms with Crippen molar-refractivity contribution in [2.75, 3.05) is 12.5 Å². The Labute approximate surface area is 204 Å². The van der Waals surface area contributed by atoms with Gasteiger partial charge in [0.2, 0.25) is 5.16 Å². The molecule has 0 unspecified atom stereocenters. The van der Waals surface area contributed by atoms with Gasteiger partial charge in [0.15, 0.2) is 11.5 Å². The Hall–Kier alpha value is -3.62. The predicted molar refractivity (Wildman–Crippen MR) is 132 cm³/mol. The minimum Gasteiger partial charge on any atom is -0.497 e. The number of carbonyl (C=O) groups is 1. The van der Waals surface area contributed by atoms with E-state index in [4.69, 9.17) is 16.3 Å². The molecule has 1 aliphatic heterocycles. The molecule has 4 aromatic rings. The third-order valence-corrected chi connectivity index (χ3v) is 7.01. The molecule has 0 fully saturated rings. The summed E-state index contributed by atoms with van der Waals surface area (Å²) < 4.78 is 6.58. The number of fused-ring (bicyclic) bond motifs is 1. The van der Waals surface area contributed by atoms with Crippen LogP contribution >= 0.6 is 23.4 Å². The molecular formula is C25H19ClN4O3S. The summed E-state index contributed by atoms with van der Waals surface area (Å²) in [6.45, 7) is 0. The van der Waals surface area contributed by atoms with Gasteiger partial charge < -0.3 is 10.2 Å². The van der Waals surface area contributed by atoms with E-state index in [1.54, 1.807) is 55.6 Å². The number of nitrogens with zero attached hydrogens (tertiary/aromatic N) is 3. The molecule has 0 saturated carbocycles. The molecule has 1 N–H and O–H groups in total. The molecule has 0 aliphatic carbocycles. The zero-order chi connectivity index (χ0) is 23.7.